The lowest BCUT2D eigenvalue weighted by Gasteiger charge is -2.22. The first kappa shape index (κ1) is 15.6. The van der Waals surface area contributed by atoms with Crippen LogP contribution in [0.5, 0.6) is 0 Å². The molecule has 0 N–H and O–H groups in total. The van der Waals surface area contributed by atoms with E-state index in [1.165, 1.54) is 6.26 Å². The maximum atomic E-state index is 11.8. The topological polar surface area (TPSA) is 63.2 Å². The standard InChI is InChI=1S/C15H19N3O2S2/c1-11-5-6-18(7-8-21-11)15-13-9-12(22(2,19)20)3-4-14(13)16-10-17-15/h3-4,9-11H,5-8H2,1-2H3. The Morgan fingerprint density at radius 3 is 2.86 bits per heavy atom. The number of hydrogen-bond donors (Lipinski definition) is 0. The Hall–Kier alpha value is -1.34. The third-order valence-corrected chi connectivity index (χ3v) is 6.22. The Balaban J connectivity index is 2.08. The van der Waals surface area contributed by atoms with E-state index in [1.807, 2.05) is 11.8 Å². The Morgan fingerprint density at radius 2 is 2.09 bits per heavy atom. The SMILES string of the molecule is CC1CCN(c2ncnc3ccc(S(C)(=O)=O)cc23)CCS1. The van der Waals surface area contributed by atoms with Gasteiger partial charge in [-0.3, -0.25) is 0 Å². The zero-order chi connectivity index (χ0) is 15.7. The molecule has 0 amide bonds. The second-order valence-corrected chi connectivity index (χ2v) is 9.17. The molecule has 3 rings (SSSR count). The number of aromatic nitrogens is 2. The molecule has 0 bridgehead atoms. The summed E-state index contributed by atoms with van der Waals surface area (Å²) in [4.78, 5) is 11.2. The van der Waals surface area contributed by atoms with Gasteiger partial charge in [-0.25, -0.2) is 18.4 Å². The van der Waals surface area contributed by atoms with Gasteiger partial charge in [0.25, 0.3) is 0 Å². The molecule has 1 aromatic heterocycles. The van der Waals surface area contributed by atoms with Gasteiger partial charge in [-0.15, -0.1) is 0 Å². The molecule has 1 saturated heterocycles. The molecule has 1 fully saturated rings. The minimum atomic E-state index is -3.24. The molecule has 1 aliphatic heterocycles. The molecule has 1 aromatic carbocycles. The number of benzene rings is 1. The summed E-state index contributed by atoms with van der Waals surface area (Å²) in [5.41, 5.74) is 0.780. The quantitative estimate of drug-likeness (QED) is 0.838. The zero-order valence-corrected chi connectivity index (χ0v) is 14.3. The summed E-state index contributed by atoms with van der Waals surface area (Å²) in [5.74, 6) is 1.89. The largest absolute Gasteiger partial charge is 0.355 e. The van der Waals surface area contributed by atoms with Gasteiger partial charge >= 0.3 is 0 Å². The van der Waals surface area contributed by atoms with E-state index in [9.17, 15) is 8.42 Å². The second-order valence-electron chi connectivity index (χ2n) is 5.61. The molecule has 1 unspecified atom stereocenters. The highest BCUT2D eigenvalue weighted by Gasteiger charge is 2.18. The number of nitrogens with zero attached hydrogens (tertiary/aromatic N) is 3. The summed E-state index contributed by atoms with van der Waals surface area (Å²) in [6.45, 7) is 4.10. The highest BCUT2D eigenvalue weighted by molar-refractivity contribution is 7.99. The molecule has 22 heavy (non-hydrogen) atoms. The van der Waals surface area contributed by atoms with Crippen LogP contribution in [0.1, 0.15) is 13.3 Å². The van der Waals surface area contributed by atoms with Gasteiger partial charge in [0.2, 0.25) is 0 Å². The third-order valence-electron chi connectivity index (χ3n) is 3.88. The smallest absolute Gasteiger partial charge is 0.175 e. The van der Waals surface area contributed by atoms with E-state index in [1.54, 1.807) is 24.5 Å². The Morgan fingerprint density at radius 1 is 1.27 bits per heavy atom. The van der Waals surface area contributed by atoms with Crippen molar-refractivity contribution in [2.45, 2.75) is 23.5 Å². The number of sulfone groups is 1. The summed E-state index contributed by atoms with van der Waals surface area (Å²) in [7, 11) is -3.24. The lowest BCUT2D eigenvalue weighted by atomic mass is 10.2. The third kappa shape index (κ3) is 3.20. The zero-order valence-electron chi connectivity index (χ0n) is 12.7. The van der Waals surface area contributed by atoms with E-state index in [-0.39, 0.29) is 0 Å². The molecule has 118 valence electrons. The lowest BCUT2D eigenvalue weighted by molar-refractivity contribution is 0.602. The van der Waals surface area contributed by atoms with Crippen molar-refractivity contribution in [3.63, 3.8) is 0 Å². The number of anilines is 1. The summed E-state index contributed by atoms with van der Waals surface area (Å²) in [5, 5.41) is 1.45. The van der Waals surface area contributed by atoms with Crippen LogP contribution in [0.4, 0.5) is 5.82 Å². The van der Waals surface area contributed by atoms with E-state index in [2.05, 4.69) is 21.8 Å². The van der Waals surface area contributed by atoms with E-state index >= 15 is 0 Å². The molecule has 2 aromatic rings. The van der Waals surface area contributed by atoms with Crippen LogP contribution in [-0.4, -0.2) is 48.7 Å². The van der Waals surface area contributed by atoms with Crippen LogP contribution in [-0.2, 0) is 9.84 Å². The molecule has 5 nitrogen and oxygen atoms in total. The first-order valence-corrected chi connectivity index (χ1v) is 10.2. The van der Waals surface area contributed by atoms with Crippen molar-refractivity contribution in [3.8, 4) is 0 Å². The van der Waals surface area contributed by atoms with Gasteiger partial charge in [-0.2, -0.15) is 11.8 Å². The predicted molar refractivity (Wildman–Crippen MR) is 91.4 cm³/mol. The lowest BCUT2D eigenvalue weighted by Crippen LogP contribution is -2.27. The maximum absolute atomic E-state index is 11.8. The normalized spacial score (nSPS) is 20.1. The fourth-order valence-electron chi connectivity index (χ4n) is 2.61. The molecule has 2 heterocycles. The number of thioether (sulfide) groups is 1. The first-order valence-electron chi connectivity index (χ1n) is 7.26. The second kappa shape index (κ2) is 6.04. The first-order chi connectivity index (χ1) is 10.4. The van der Waals surface area contributed by atoms with Crippen molar-refractivity contribution in [2.24, 2.45) is 0 Å². The number of rotatable bonds is 2. The van der Waals surface area contributed by atoms with Crippen LogP contribution in [0.15, 0.2) is 29.4 Å². The van der Waals surface area contributed by atoms with Gasteiger partial charge in [-0.05, 0) is 24.6 Å². The minimum Gasteiger partial charge on any atom is -0.355 e. The Kier molecular flexibility index (Phi) is 4.27. The molecule has 0 saturated carbocycles. The maximum Gasteiger partial charge on any atom is 0.175 e. The van der Waals surface area contributed by atoms with Crippen molar-refractivity contribution in [1.82, 2.24) is 9.97 Å². The molecule has 0 spiro atoms. The van der Waals surface area contributed by atoms with Crippen LogP contribution in [0.3, 0.4) is 0 Å². The van der Waals surface area contributed by atoms with Crippen LogP contribution >= 0.6 is 11.8 Å². The Bertz CT molecular complexity index is 792. The van der Waals surface area contributed by atoms with Gasteiger partial charge in [0, 0.05) is 35.7 Å². The van der Waals surface area contributed by atoms with Crippen LogP contribution in [0, 0.1) is 0 Å². The van der Waals surface area contributed by atoms with Crippen molar-refractivity contribution in [2.75, 3.05) is 30.0 Å². The summed E-state index contributed by atoms with van der Waals surface area (Å²) < 4.78 is 23.6. The number of fused-ring (bicyclic) bond motifs is 1. The molecular weight excluding hydrogens is 318 g/mol. The van der Waals surface area contributed by atoms with Crippen molar-refractivity contribution >= 4 is 38.3 Å². The van der Waals surface area contributed by atoms with Crippen molar-refractivity contribution in [3.05, 3.63) is 24.5 Å². The van der Waals surface area contributed by atoms with Gasteiger partial charge < -0.3 is 4.90 Å². The van der Waals surface area contributed by atoms with Crippen LogP contribution < -0.4 is 4.90 Å². The number of hydrogen-bond acceptors (Lipinski definition) is 6. The van der Waals surface area contributed by atoms with Gasteiger partial charge in [-0.1, -0.05) is 6.92 Å². The fraction of sp³-hybridized carbons (Fsp3) is 0.467. The molecule has 1 atom stereocenters. The van der Waals surface area contributed by atoms with Crippen LogP contribution in [0.2, 0.25) is 0 Å². The van der Waals surface area contributed by atoms with E-state index in [4.69, 9.17) is 0 Å². The Labute approximate surface area is 135 Å². The van der Waals surface area contributed by atoms with Crippen LogP contribution in [0.25, 0.3) is 10.9 Å². The predicted octanol–water partition coefficient (Wildman–Crippen LogP) is 2.37. The van der Waals surface area contributed by atoms with E-state index in [0.29, 0.717) is 10.1 Å². The molecule has 1 aliphatic rings. The molecule has 0 radical (unpaired) electrons. The van der Waals surface area contributed by atoms with Crippen molar-refractivity contribution in [1.29, 1.82) is 0 Å². The van der Waals surface area contributed by atoms with Crippen molar-refractivity contribution < 1.29 is 8.42 Å². The summed E-state index contributed by atoms with van der Waals surface area (Å²) >= 11 is 1.97. The minimum absolute atomic E-state index is 0.314. The van der Waals surface area contributed by atoms with Gasteiger partial charge in [0.05, 0.1) is 10.4 Å². The highest BCUT2D eigenvalue weighted by atomic mass is 32.2. The van der Waals surface area contributed by atoms with Gasteiger partial charge in [0.15, 0.2) is 9.84 Å². The van der Waals surface area contributed by atoms with Gasteiger partial charge in [0.1, 0.15) is 12.1 Å². The average molecular weight is 337 g/mol. The molecular formula is C15H19N3O2S2. The average Bonchev–Trinajstić information content (AvgIpc) is 2.70. The summed E-state index contributed by atoms with van der Waals surface area (Å²) in [6, 6.07) is 5.06. The monoisotopic (exact) mass is 337 g/mol. The highest BCUT2D eigenvalue weighted by Crippen LogP contribution is 2.28. The van der Waals surface area contributed by atoms with E-state index in [0.717, 1.165) is 42.0 Å². The summed E-state index contributed by atoms with van der Waals surface area (Å²) in [6.07, 6.45) is 3.88. The fourth-order valence-corrected chi connectivity index (χ4v) is 4.26. The van der Waals surface area contributed by atoms with E-state index < -0.39 is 9.84 Å². The molecule has 0 aliphatic carbocycles. The molecule has 7 heteroatoms.